The van der Waals surface area contributed by atoms with E-state index in [2.05, 4.69) is 25.6 Å². The molecular formula is C19H19Cl3N6O4. The fourth-order valence-electron chi connectivity index (χ4n) is 2.88. The largest absolute Gasteiger partial charge is 0.493 e. The average molecular weight is 502 g/mol. The van der Waals surface area contributed by atoms with Gasteiger partial charge in [-0.2, -0.15) is 10.1 Å². The predicted molar refractivity (Wildman–Crippen MR) is 125 cm³/mol. The van der Waals surface area contributed by atoms with E-state index in [9.17, 15) is 4.79 Å². The molecule has 0 saturated heterocycles. The van der Waals surface area contributed by atoms with Gasteiger partial charge in [-0.25, -0.2) is 9.48 Å². The maximum Gasteiger partial charge on any atom is 0.341 e. The molecule has 170 valence electrons. The number of benzene rings is 2. The van der Waals surface area contributed by atoms with Gasteiger partial charge in [0.25, 0.3) is 0 Å². The van der Waals surface area contributed by atoms with Gasteiger partial charge in [-0.1, -0.05) is 11.6 Å². The van der Waals surface area contributed by atoms with Crippen LogP contribution in [0, 0.1) is 0 Å². The molecule has 0 aliphatic rings. The van der Waals surface area contributed by atoms with Crippen molar-refractivity contribution in [1.82, 2.24) is 25.0 Å². The summed E-state index contributed by atoms with van der Waals surface area (Å²) in [6.45, 7) is -0.465. The summed E-state index contributed by atoms with van der Waals surface area (Å²) in [7, 11) is 3.23. The number of rotatable bonds is 7. The van der Waals surface area contributed by atoms with Crippen molar-refractivity contribution in [2.45, 2.75) is 0 Å². The summed E-state index contributed by atoms with van der Waals surface area (Å²) in [6, 6.07) is 8.72. The Morgan fingerprint density at radius 3 is 2.75 bits per heavy atom. The Bertz CT molecular complexity index is 1240. The van der Waals surface area contributed by atoms with Gasteiger partial charge in [0, 0.05) is 18.0 Å². The maximum atomic E-state index is 10.7. The SMILES string of the molecule is COc1cc(-c2nc(Nc3ccc4[nH]ncc4c3Cl)n(C)n2)ccc1OCC(=O)O.Cl.Cl. The van der Waals surface area contributed by atoms with Crippen molar-refractivity contribution in [3.05, 3.63) is 41.6 Å². The van der Waals surface area contributed by atoms with Gasteiger partial charge in [0.05, 0.1) is 29.5 Å². The second kappa shape index (κ2) is 10.4. The summed E-state index contributed by atoms with van der Waals surface area (Å²) in [6.07, 6.45) is 1.66. The molecule has 4 aromatic rings. The molecule has 2 aromatic carbocycles. The van der Waals surface area contributed by atoms with E-state index in [1.807, 2.05) is 12.1 Å². The molecule has 0 fully saturated rings. The van der Waals surface area contributed by atoms with Crippen LogP contribution in [-0.4, -0.2) is 49.8 Å². The van der Waals surface area contributed by atoms with Crippen LogP contribution in [0.4, 0.5) is 11.6 Å². The van der Waals surface area contributed by atoms with Crippen LogP contribution < -0.4 is 14.8 Å². The van der Waals surface area contributed by atoms with E-state index in [1.165, 1.54) is 7.11 Å². The molecule has 13 heteroatoms. The topological polar surface area (TPSA) is 127 Å². The van der Waals surface area contributed by atoms with E-state index in [0.717, 1.165) is 10.9 Å². The van der Waals surface area contributed by atoms with E-state index < -0.39 is 12.6 Å². The molecule has 32 heavy (non-hydrogen) atoms. The highest BCUT2D eigenvalue weighted by Crippen LogP contribution is 2.34. The first-order chi connectivity index (χ1) is 14.5. The molecule has 0 unspecified atom stereocenters. The fraction of sp³-hybridized carbons (Fsp3) is 0.158. The van der Waals surface area contributed by atoms with Crippen molar-refractivity contribution in [3.63, 3.8) is 0 Å². The lowest BCUT2D eigenvalue weighted by Crippen LogP contribution is -2.10. The number of carboxylic acids is 1. The number of ether oxygens (including phenoxy) is 2. The standard InChI is InChI=1S/C19H17ClN6O4.2ClH/c1-26-19(22-13-5-4-12-11(17(13)20)8-21-24-12)23-18(25-26)10-3-6-14(15(7-10)29-2)30-9-16(27)28;;/h3-8H,9H2,1-2H3,(H,21,24)(H,27,28)(H,22,23,25);2*1H. The molecule has 0 radical (unpaired) electrons. The number of methoxy groups -OCH3 is 1. The van der Waals surface area contributed by atoms with Crippen LogP contribution in [0.5, 0.6) is 11.5 Å². The van der Waals surface area contributed by atoms with Gasteiger partial charge in [0.15, 0.2) is 23.9 Å². The first-order valence-electron chi connectivity index (χ1n) is 8.79. The Morgan fingerprint density at radius 1 is 1.25 bits per heavy atom. The average Bonchev–Trinajstić information content (AvgIpc) is 3.35. The van der Waals surface area contributed by atoms with Crippen molar-refractivity contribution in [2.24, 2.45) is 7.05 Å². The second-order valence-electron chi connectivity index (χ2n) is 6.31. The highest BCUT2D eigenvalue weighted by molar-refractivity contribution is 6.38. The molecule has 4 rings (SSSR count). The van der Waals surface area contributed by atoms with Gasteiger partial charge in [0.1, 0.15) is 0 Å². The van der Waals surface area contributed by atoms with Crippen LogP contribution in [0.3, 0.4) is 0 Å². The molecule has 0 aliphatic carbocycles. The number of H-pyrrole nitrogens is 1. The molecule has 0 aliphatic heterocycles. The van der Waals surface area contributed by atoms with Crippen molar-refractivity contribution >= 4 is 64.9 Å². The summed E-state index contributed by atoms with van der Waals surface area (Å²) in [4.78, 5) is 15.3. The number of aliphatic carboxylic acids is 1. The Kier molecular flexibility index (Phi) is 8.14. The zero-order chi connectivity index (χ0) is 21.3. The third-order valence-corrected chi connectivity index (χ3v) is 4.75. The van der Waals surface area contributed by atoms with Gasteiger partial charge >= 0.3 is 5.97 Å². The minimum atomic E-state index is -1.07. The van der Waals surface area contributed by atoms with Crippen LogP contribution in [0.15, 0.2) is 36.5 Å². The number of hydrogen-bond donors (Lipinski definition) is 3. The number of halogens is 3. The quantitative estimate of drug-likeness (QED) is 0.346. The second-order valence-corrected chi connectivity index (χ2v) is 6.69. The zero-order valence-corrected chi connectivity index (χ0v) is 19.2. The molecule has 2 aromatic heterocycles. The van der Waals surface area contributed by atoms with Crippen molar-refractivity contribution < 1.29 is 19.4 Å². The third-order valence-electron chi connectivity index (χ3n) is 4.34. The zero-order valence-electron chi connectivity index (χ0n) is 16.8. The number of aromatic amines is 1. The van der Waals surface area contributed by atoms with Gasteiger partial charge in [-0.05, 0) is 30.3 Å². The molecule has 2 heterocycles. The van der Waals surface area contributed by atoms with Gasteiger partial charge in [-0.3, -0.25) is 5.10 Å². The lowest BCUT2D eigenvalue weighted by Gasteiger charge is -2.09. The minimum Gasteiger partial charge on any atom is -0.493 e. The van der Waals surface area contributed by atoms with Gasteiger partial charge in [-0.15, -0.1) is 29.9 Å². The lowest BCUT2D eigenvalue weighted by molar-refractivity contribution is -0.139. The number of carboxylic acid groups (broad SMARTS) is 1. The Hall–Kier alpha value is -3.21. The molecule has 0 amide bonds. The van der Waals surface area contributed by atoms with Crippen molar-refractivity contribution in [1.29, 1.82) is 0 Å². The lowest BCUT2D eigenvalue weighted by atomic mass is 10.2. The van der Waals surface area contributed by atoms with Crippen LogP contribution in [-0.2, 0) is 11.8 Å². The van der Waals surface area contributed by atoms with E-state index in [1.54, 1.807) is 36.1 Å². The highest BCUT2D eigenvalue weighted by atomic mass is 35.5. The number of nitrogens with one attached hydrogen (secondary N) is 2. The summed E-state index contributed by atoms with van der Waals surface area (Å²) < 4.78 is 12.1. The highest BCUT2D eigenvalue weighted by Gasteiger charge is 2.15. The predicted octanol–water partition coefficient (Wildman–Crippen LogP) is 4.07. The van der Waals surface area contributed by atoms with E-state index >= 15 is 0 Å². The monoisotopic (exact) mass is 500 g/mol. The molecule has 10 nitrogen and oxygen atoms in total. The Morgan fingerprint density at radius 2 is 2.03 bits per heavy atom. The van der Waals surface area contributed by atoms with Crippen LogP contribution in [0.2, 0.25) is 5.02 Å². The molecule has 0 saturated carbocycles. The molecular weight excluding hydrogens is 483 g/mol. The normalized spacial score (nSPS) is 10.2. The number of fused-ring (bicyclic) bond motifs is 1. The van der Waals surface area contributed by atoms with Crippen molar-refractivity contribution in [3.8, 4) is 22.9 Å². The smallest absolute Gasteiger partial charge is 0.341 e. The van der Waals surface area contributed by atoms with Crippen molar-refractivity contribution in [2.75, 3.05) is 19.0 Å². The first-order valence-corrected chi connectivity index (χ1v) is 9.16. The number of nitrogens with zero attached hydrogens (tertiary/aromatic N) is 4. The number of aromatic nitrogens is 5. The summed E-state index contributed by atoms with van der Waals surface area (Å²) in [5, 5.41) is 24.6. The third kappa shape index (κ3) is 4.98. The fourth-order valence-corrected chi connectivity index (χ4v) is 3.14. The molecule has 3 N–H and O–H groups in total. The Balaban J connectivity index is 0.00000181. The van der Waals surface area contributed by atoms with E-state index in [4.69, 9.17) is 26.2 Å². The first kappa shape index (κ1) is 25.1. The molecule has 0 atom stereocenters. The summed E-state index contributed by atoms with van der Waals surface area (Å²) >= 11 is 6.47. The van der Waals surface area contributed by atoms with Gasteiger partial charge in [0.2, 0.25) is 5.95 Å². The number of anilines is 2. The van der Waals surface area contributed by atoms with E-state index in [0.29, 0.717) is 39.5 Å². The number of aryl methyl sites for hydroxylation is 1. The van der Waals surface area contributed by atoms with E-state index in [-0.39, 0.29) is 24.8 Å². The summed E-state index contributed by atoms with van der Waals surface area (Å²) in [5.74, 6) is 0.557. The van der Waals surface area contributed by atoms with Crippen LogP contribution in [0.1, 0.15) is 0 Å². The number of hydrogen-bond acceptors (Lipinski definition) is 7. The number of carbonyl (C=O) groups is 1. The molecule has 0 spiro atoms. The summed E-state index contributed by atoms with van der Waals surface area (Å²) in [5.41, 5.74) is 2.18. The molecule has 0 bridgehead atoms. The van der Waals surface area contributed by atoms with Crippen LogP contribution in [0.25, 0.3) is 22.3 Å². The maximum absolute atomic E-state index is 10.7. The van der Waals surface area contributed by atoms with Gasteiger partial charge < -0.3 is 19.9 Å². The van der Waals surface area contributed by atoms with Crippen LogP contribution >= 0.6 is 36.4 Å². The minimum absolute atomic E-state index is 0. The Labute approximate surface area is 199 Å².